The third kappa shape index (κ3) is 2.77. The molecule has 74 valence electrons. The fraction of sp³-hybridized carbons (Fsp3) is 0.625. The van der Waals surface area contributed by atoms with E-state index in [1.807, 2.05) is 0 Å². The Labute approximate surface area is 75.5 Å². The van der Waals surface area contributed by atoms with Crippen molar-refractivity contribution in [2.24, 2.45) is 5.73 Å². The Morgan fingerprint density at radius 3 is 2.77 bits per heavy atom. The number of rotatable bonds is 4. The first kappa shape index (κ1) is 10.1. The summed E-state index contributed by atoms with van der Waals surface area (Å²) in [5, 5.41) is 3.80. The minimum Gasteiger partial charge on any atom is -0.330 e. The summed E-state index contributed by atoms with van der Waals surface area (Å²) in [5.74, 6) is -2.80. The van der Waals surface area contributed by atoms with Crippen molar-refractivity contribution in [1.29, 1.82) is 0 Å². The van der Waals surface area contributed by atoms with E-state index in [4.69, 9.17) is 5.73 Å². The second-order valence-electron chi connectivity index (χ2n) is 3.02. The molecule has 0 aliphatic carbocycles. The highest BCUT2D eigenvalue weighted by Gasteiger charge is 2.25. The average molecular weight is 189 g/mol. The normalized spacial score (nSPS) is 12.0. The SMILES string of the molecule is CC(F)(F)c1cnn(CCCN)c1. The largest absolute Gasteiger partial charge is 0.330 e. The minimum absolute atomic E-state index is 0.0514. The Kier molecular flexibility index (Phi) is 2.98. The molecule has 0 aliphatic rings. The van der Waals surface area contributed by atoms with Gasteiger partial charge < -0.3 is 5.73 Å². The van der Waals surface area contributed by atoms with Gasteiger partial charge in [0.25, 0.3) is 5.92 Å². The molecular weight excluding hydrogens is 176 g/mol. The lowest BCUT2D eigenvalue weighted by atomic mass is 10.2. The second-order valence-corrected chi connectivity index (χ2v) is 3.02. The standard InChI is InChI=1S/C8H13F2N3/c1-8(9,10)7-5-12-13(6-7)4-2-3-11/h5-6H,2-4,11H2,1H3. The molecule has 0 fully saturated rings. The van der Waals surface area contributed by atoms with E-state index in [2.05, 4.69) is 5.10 Å². The van der Waals surface area contributed by atoms with Crippen LogP contribution in [-0.4, -0.2) is 16.3 Å². The van der Waals surface area contributed by atoms with Crippen LogP contribution in [0.2, 0.25) is 0 Å². The van der Waals surface area contributed by atoms with Crippen LogP contribution in [0.3, 0.4) is 0 Å². The van der Waals surface area contributed by atoms with Crippen LogP contribution in [0.25, 0.3) is 0 Å². The van der Waals surface area contributed by atoms with Gasteiger partial charge in [0.15, 0.2) is 0 Å². The van der Waals surface area contributed by atoms with Crippen LogP contribution in [0.1, 0.15) is 18.9 Å². The van der Waals surface area contributed by atoms with Crippen molar-refractivity contribution < 1.29 is 8.78 Å². The first-order valence-corrected chi connectivity index (χ1v) is 4.15. The summed E-state index contributed by atoms with van der Waals surface area (Å²) in [4.78, 5) is 0. The summed E-state index contributed by atoms with van der Waals surface area (Å²) in [6.45, 7) is 1.99. The molecule has 0 amide bonds. The van der Waals surface area contributed by atoms with E-state index < -0.39 is 5.92 Å². The number of hydrogen-bond acceptors (Lipinski definition) is 2. The number of nitrogens with two attached hydrogens (primary N) is 1. The molecule has 0 saturated carbocycles. The molecule has 1 heterocycles. The van der Waals surface area contributed by atoms with Crippen molar-refractivity contribution in [2.45, 2.75) is 25.8 Å². The van der Waals surface area contributed by atoms with Crippen LogP contribution in [0.4, 0.5) is 8.78 Å². The van der Waals surface area contributed by atoms with Gasteiger partial charge in [-0.25, -0.2) is 8.78 Å². The molecule has 0 aliphatic heterocycles. The average Bonchev–Trinajstić information content (AvgIpc) is 2.47. The van der Waals surface area contributed by atoms with Gasteiger partial charge in [-0.15, -0.1) is 0 Å². The van der Waals surface area contributed by atoms with Crippen molar-refractivity contribution >= 4 is 0 Å². The topological polar surface area (TPSA) is 43.8 Å². The molecular formula is C8H13F2N3. The fourth-order valence-electron chi connectivity index (χ4n) is 0.966. The van der Waals surface area contributed by atoms with E-state index in [0.717, 1.165) is 13.3 Å². The highest BCUT2D eigenvalue weighted by atomic mass is 19.3. The Bertz CT molecular complexity index is 265. The predicted molar refractivity (Wildman–Crippen MR) is 45.5 cm³/mol. The van der Waals surface area contributed by atoms with E-state index in [1.165, 1.54) is 17.1 Å². The van der Waals surface area contributed by atoms with Gasteiger partial charge in [-0.1, -0.05) is 0 Å². The number of alkyl halides is 2. The number of hydrogen-bond donors (Lipinski definition) is 1. The molecule has 5 heteroatoms. The molecule has 1 aromatic rings. The summed E-state index contributed by atoms with van der Waals surface area (Å²) >= 11 is 0. The van der Waals surface area contributed by atoms with Gasteiger partial charge in [-0.2, -0.15) is 5.10 Å². The van der Waals surface area contributed by atoms with Crippen LogP contribution in [0.15, 0.2) is 12.4 Å². The zero-order chi connectivity index (χ0) is 9.90. The lowest BCUT2D eigenvalue weighted by Gasteiger charge is -2.05. The zero-order valence-electron chi connectivity index (χ0n) is 7.50. The summed E-state index contributed by atoms with van der Waals surface area (Å²) in [7, 11) is 0. The number of nitrogens with zero attached hydrogens (tertiary/aromatic N) is 2. The van der Waals surface area contributed by atoms with Crippen LogP contribution in [0.5, 0.6) is 0 Å². The summed E-state index contributed by atoms with van der Waals surface area (Å²) < 4.78 is 26.9. The zero-order valence-corrected chi connectivity index (χ0v) is 7.50. The van der Waals surface area contributed by atoms with E-state index in [0.29, 0.717) is 13.1 Å². The molecule has 1 aromatic heterocycles. The van der Waals surface area contributed by atoms with Crippen LogP contribution >= 0.6 is 0 Å². The van der Waals surface area contributed by atoms with Crippen LogP contribution in [-0.2, 0) is 12.5 Å². The van der Waals surface area contributed by atoms with Gasteiger partial charge in [0.2, 0.25) is 0 Å². The molecule has 0 atom stereocenters. The lowest BCUT2D eigenvalue weighted by Crippen LogP contribution is -2.07. The molecule has 2 N–H and O–H groups in total. The van der Waals surface area contributed by atoms with Crippen molar-refractivity contribution in [3.63, 3.8) is 0 Å². The van der Waals surface area contributed by atoms with Crippen molar-refractivity contribution in [2.75, 3.05) is 6.54 Å². The van der Waals surface area contributed by atoms with E-state index in [9.17, 15) is 8.78 Å². The monoisotopic (exact) mass is 189 g/mol. The van der Waals surface area contributed by atoms with E-state index in [1.54, 1.807) is 0 Å². The van der Waals surface area contributed by atoms with Gasteiger partial charge in [0.05, 0.1) is 11.8 Å². The van der Waals surface area contributed by atoms with Crippen molar-refractivity contribution in [3.8, 4) is 0 Å². The number of halogens is 2. The maximum atomic E-state index is 12.7. The number of aryl methyl sites for hydroxylation is 1. The summed E-state index contributed by atoms with van der Waals surface area (Å²) in [5.41, 5.74) is 5.23. The Hall–Kier alpha value is -0.970. The fourth-order valence-corrected chi connectivity index (χ4v) is 0.966. The Morgan fingerprint density at radius 1 is 1.62 bits per heavy atom. The smallest absolute Gasteiger partial charge is 0.273 e. The maximum absolute atomic E-state index is 12.7. The summed E-state index contributed by atoms with van der Waals surface area (Å²) in [6.07, 6.45) is 3.29. The van der Waals surface area contributed by atoms with Gasteiger partial charge in [-0.05, 0) is 13.0 Å². The summed E-state index contributed by atoms with van der Waals surface area (Å²) in [6, 6.07) is 0. The second kappa shape index (κ2) is 3.83. The highest BCUT2D eigenvalue weighted by Crippen LogP contribution is 2.25. The van der Waals surface area contributed by atoms with Crippen LogP contribution < -0.4 is 5.73 Å². The van der Waals surface area contributed by atoms with Gasteiger partial charge in [-0.3, -0.25) is 4.68 Å². The van der Waals surface area contributed by atoms with Gasteiger partial charge >= 0.3 is 0 Å². The van der Waals surface area contributed by atoms with Crippen molar-refractivity contribution in [3.05, 3.63) is 18.0 Å². The first-order valence-electron chi connectivity index (χ1n) is 4.15. The maximum Gasteiger partial charge on any atom is 0.273 e. The Balaban J connectivity index is 2.64. The third-order valence-corrected chi connectivity index (χ3v) is 1.73. The molecule has 0 unspecified atom stereocenters. The molecule has 0 aromatic carbocycles. The molecule has 3 nitrogen and oxygen atoms in total. The molecule has 0 spiro atoms. The van der Waals surface area contributed by atoms with Crippen molar-refractivity contribution in [1.82, 2.24) is 9.78 Å². The Morgan fingerprint density at radius 2 is 2.31 bits per heavy atom. The van der Waals surface area contributed by atoms with E-state index in [-0.39, 0.29) is 5.56 Å². The highest BCUT2D eigenvalue weighted by molar-refractivity contribution is 5.10. The minimum atomic E-state index is -2.80. The molecule has 0 bridgehead atoms. The van der Waals surface area contributed by atoms with E-state index >= 15 is 0 Å². The third-order valence-electron chi connectivity index (χ3n) is 1.73. The van der Waals surface area contributed by atoms with Gasteiger partial charge in [0, 0.05) is 19.7 Å². The lowest BCUT2D eigenvalue weighted by molar-refractivity contribution is 0.0174. The van der Waals surface area contributed by atoms with Crippen LogP contribution in [0, 0.1) is 0 Å². The molecule has 0 saturated heterocycles. The molecule has 0 radical (unpaired) electrons. The van der Waals surface area contributed by atoms with Gasteiger partial charge in [0.1, 0.15) is 0 Å². The number of aromatic nitrogens is 2. The quantitative estimate of drug-likeness (QED) is 0.776. The molecule has 1 rings (SSSR count). The predicted octanol–water partition coefficient (Wildman–Crippen LogP) is 1.34. The molecule has 13 heavy (non-hydrogen) atoms. The first-order chi connectivity index (χ1) is 6.04.